The van der Waals surface area contributed by atoms with Gasteiger partial charge in [-0.05, 0) is 80.0 Å². The van der Waals surface area contributed by atoms with Crippen LogP contribution >= 0.6 is 0 Å². The highest BCUT2D eigenvalue weighted by molar-refractivity contribution is 6.21. The Morgan fingerprint density at radius 3 is 1.86 bits per heavy atom. The maximum absolute atomic E-state index is 6.87. The van der Waals surface area contributed by atoms with Crippen LogP contribution in [-0.4, -0.2) is 0 Å². The summed E-state index contributed by atoms with van der Waals surface area (Å²) in [6, 6.07) is 67.4. The van der Waals surface area contributed by atoms with Gasteiger partial charge in [0.25, 0.3) is 0 Å². The fourth-order valence-electron chi connectivity index (χ4n) is 7.76. The number of para-hydroxylation sites is 1. The van der Waals surface area contributed by atoms with Crippen LogP contribution in [0.3, 0.4) is 0 Å². The minimum absolute atomic E-state index is 0.873. The second kappa shape index (κ2) is 11.5. The number of hydrogen-bond donors (Lipinski definition) is 0. The highest BCUT2D eigenvalue weighted by Gasteiger charge is 2.24. The lowest BCUT2D eigenvalue weighted by Gasteiger charge is -2.29. The maximum Gasteiger partial charge on any atom is 0.145 e. The summed E-state index contributed by atoms with van der Waals surface area (Å²) in [6.07, 6.45) is 0. The van der Waals surface area contributed by atoms with Crippen LogP contribution in [0.4, 0.5) is 17.1 Å². The van der Waals surface area contributed by atoms with Crippen LogP contribution in [0.15, 0.2) is 192 Å². The number of anilines is 3. The van der Waals surface area contributed by atoms with Gasteiger partial charge in [-0.1, -0.05) is 152 Å². The zero-order chi connectivity index (χ0) is 33.0. The molecule has 0 spiro atoms. The molecule has 0 saturated heterocycles. The van der Waals surface area contributed by atoms with Crippen LogP contribution in [0.1, 0.15) is 0 Å². The van der Waals surface area contributed by atoms with E-state index in [4.69, 9.17) is 4.42 Å². The van der Waals surface area contributed by atoms with E-state index in [9.17, 15) is 0 Å². The smallest absolute Gasteiger partial charge is 0.145 e. The monoisotopic (exact) mass is 637 g/mol. The van der Waals surface area contributed by atoms with Crippen LogP contribution < -0.4 is 4.90 Å². The zero-order valence-corrected chi connectivity index (χ0v) is 27.3. The fraction of sp³-hybridized carbons (Fsp3) is 0. The van der Waals surface area contributed by atoms with Gasteiger partial charge in [0.1, 0.15) is 11.2 Å². The zero-order valence-electron chi connectivity index (χ0n) is 27.3. The molecular formula is C48H31NO. The van der Waals surface area contributed by atoms with Crippen molar-refractivity contribution >= 4 is 71.3 Å². The maximum atomic E-state index is 6.87. The van der Waals surface area contributed by atoms with E-state index >= 15 is 0 Å². The first-order valence-corrected chi connectivity index (χ1v) is 17.1. The molecule has 1 heterocycles. The number of rotatable bonds is 5. The van der Waals surface area contributed by atoms with E-state index in [0.717, 1.165) is 50.1 Å². The molecule has 10 rings (SSSR count). The molecular weight excluding hydrogens is 607 g/mol. The summed E-state index contributed by atoms with van der Waals surface area (Å²) in [4.78, 5) is 2.44. The van der Waals surface area contributed by atoms with Crippen molar-refractivity contribution in [3.63, 3.8) is 0 Å². The third-order valence-corrected chi connectivity index (χ3v) is 10.0. The molecule has 2 heteroatoms. The number of fused-ring (bicyclic) bond motifs is 7. The van der Waals surface area contributed by atoms with E-state index in [1.54, 1.807) is 0 Å². The van der Waals surface area contributed by atoms with Gasteiger partial charge in [-0.25, -0.2) is 0 Å². The average Bonchev–Trinajstić information content (AvgIpc) is 3.58. The minimum Gasteiger partial charge on any atom is -0.455 e. The Hall–Kier alpha value is -6.64. The normalized spacial score (nSPS) is 11.6. The van der Waals surface area contributed by atoms with Crippen molar-refractivity contribution in [2.24, 2.45) is 0 Å². The predicted octanol–water partition coefficient (Wildman–Crippen LogP) is 13.8. The third-order valence-electron chi connectivity index (χ3n) is 10.0. The highest BCUT2D eigenvalue weighted by atomic mass is 16.3. The Bertz CT molecular complexity index is 2880. The van der Waals surface area contributed by atoms with E-state index in [-0.39, 0.29) is 0 Å². The Labute approximate surface area is 290 Å². The molecule has 0 aliphatic rings. The summed E-state index contributed by atoms with van der Waals surface area (Å²) < 4.78 is 6.87. The van der Waals surface area contributed by atoms with Gasteiger partial charge in [-0.2, -0.15) is 0 Å². The van der Waals surface area contributed by atoms with Gasteiger partial charge in [-0.15, -0.1) is 0 Å². The van der Waals surface area contributed by atoms with Crippen molar-refractivity contribution < 1.29 is 4.42 Å². The van der Waals surface area contributed by atoms with E-state index in [0.29, 0.717) is 0 Å². The topological polar surface area (TPSA) is 16.4 Å². The Morgan fingerprint density at radius 1 is 0.360 bits per heavy atom. The van der Waals surface area contributed by atoms with Gasteiger partial charge in [0.2, 0.25) is 0 Å². The van der Waals surface area contributed by atoms with Gasteiger partial charge in [0, 0.05) is 22.0 Å². The number of hydrogen-bond acceptors (Lipinski definition) is 2. The summed E-state index contributed by atoms with van der Waals surface area (Å²) in [5.74, 6) is 0. The Morgan fingerprint density at radius 2 is 0.980 bits per heavy atom. The van der Waals surface area contributed by atoms with Gasteiger partial charge in [0.05, 0.1) is 16.8 Å². The molecule has 2 nitrogen and oxygen atoms in total. The second-order valence-electron chi connectivity index (χ2n) is 12.9. The molecule has 0 unspecified atom stereocenters. The van der Waals surface area contributed by atoms with Crippen molar-refractivity contribution in [1.29, 1.82) is 0 Å². The molecule has 0 N–H and O–H groups in total. The van der Waals surface area contributed by atoms with Crippen molar-refractivity contribution in [3.05, 3.63) is 188 Å². The molecule has 0 aliphatic heterocycles. The molecule has 50 heavy (non-hydrogen) atoms. The SMILES string of the molecule is c1ccc(-c2cccc(N(c3cccc4ccc5ccccc5c34)c3ccc(-c4cccc5ccccc45)c4oc5ccccc5c34)c2)cc1. The van der Waals surface area contributed by atoms with Crippen LogP contribution in [0.2, 0.25) is 0 Å². The number of benzene rings is 9. The van der Waals surface area contributed by atoms with E-state index in [1.807, 2.05) is 0 Å². The van der Waals surface area contributed by atoms with Gasteiger partial charge in [0.15, 0.2) is 0 Å². The summed E-state index contributed by atoms with van der Waals surface area (Å²) in [7, 11) is 0. The predicted molar refractivity (Wildman–Crippen MR) is 212 cm³/mol. The molecule has 0 amide bonds. The molecule has 0 saturated carbocycles. The highest BCUT2D eigenvalue weighted by Crippen LogP contribution is 2.49. The Kier molecular flexibility index (Phi) is 6.53. The number of nitrogens with zero attached hydrogens (tertiary/aromatic N) is 1. The van der Waals surface area contributed by atoms with E-state index < -0.39 is 0 Å². The largest absolute Gasteiger partial charge is 0.455 e. The first-order chi connectivity index (χ1) is 24.8. The molecule has 234 valence electrons. The molecule has 1 aromatic heterocycles. The molecule has 0 bridgehead atoms. The number of furan rings is 1. The van der Waals surface area contributed by atoms with Crippen LogP contribution in [-0.2, 0) is 0 Å². The summed E-state index contributed by atoms with van der Waals surface area (Å²) in [5.41, 5.74) is 9.62. The standard InChI is InChI=1S/C48H31NO/c1-2-13-32(14-3-1)36-19-10-20-37(31-36)49(43-25-12-18-35-28-27-34-16-5-7-22-39(34)46(35)43)44-30-29-41(40-24-11-17-33-15-4-6-21-38(33)40)48-47(44)42-23-8-9-26-45(42)50-48/h1-31H. The Balaban J connectivity index is 1.33. The fourth-order valence-corrected chi connectivity index (χ4v) is 7.76. The quantitative estimate of drug-likeness (QED) is 0.175. The van der Waals surface area contributed by atoms with E-state index in [2.05, 4.69) is 193 Å². The van der Waals surface area contributed by atoms with Gasteiger partial charge >= 0.3 is 0 Å². The summed E-state index contributed by atoms with van der Waals surface area (Å²) in [6.45, 7) is 0. The van der Waals surface area contributed by atoms with Crippen LogP contribution in [0, 0.1) is 0 Å². The molecule has 0 aliphatic carbocycles. The van der Waals surface area contributed by atoms with Crippen molar-refractivity contribution in [3.8, 4) is 22.3 Å². The summed E-state index contributed by atoms with van der Waals surface area (Å²) >= 11 is 0. The molecule has 0 atom stereocenters. The van der Waals surface area contributed by atoms with Gasteiger partial charge in [-0.3, -0.25) is 0 Å². The van der Waals surface area contributed by atoms with E-state index in [1.165, 1.54) is 43.4 Å². The molecule has 0 radical (unpaired) electrons. The molecule has 9 aromatic carbocycles. The average molecular weight is 638 g/mol. The first-order valence-electron chi connectivity index (χ1n) is 17.1. The van der Waals surface area contributed by atoms with Crippen molar-refractivity contribution in [1.82, 2.24) is 0 Å². The summed E-state index contributed by atoms with van der Waals surface area (Å²) in [5, 5.41) is 9.46. The van der Waals surface area contributed by atoms with Crippen LogP contribution in [0.25, 0.3) is 76.5 Å². The lowest BCUT2D eigenvalue weighted by Crippen LogP contribution is -2.11. The third kappa shape index (κ3) is 4.50. The lowest BCUT2D eigenvalue weighted by atomic mass is 9.95. The van der Waals surface area contributed by atoms with Crippen molar-refractivity contribution in [2.75, 3.05) is 4.90 Å². The molecule has 0 fully saturated rings. The first kappa shape index (κ1) is 28.4. The minimum atomic E-state index is 0.873. The lowest BCUT2D eigenvalue weighted by molar-refractivity contribution is 0.670. The van der Waals surface area contributed by atoms with Gasteiger partial charge < -0.3 is 9.32 Å². The second-order valence-corrected chi connectivity index (χ2v) is 12.9. The molecule has 10 aromatic rings. The van der Waals surface area contributed by atoms with Crippen LogP contribution in [0.5, 0.6) is 0 Å². The van der Waals surface area contributed by atoms with Crippen molar-refractivity contribution in [2.45, 2.75) is 0 Å².